The Morgan fingerprint density at radius 3 is 0.849 bits per heavy atom. The molecule has 0 N–H and O–H groups in total. The number of anilines is 6. The second-order valence-corrected chi connectivity index (χ2v) is 22.0. The number of hydrogen-bond donors (Lipinski definition) is 0. The molecule has 0 aliphatic heterocycles. The van der Waals surface area contributed by atoms with Gasteiger partial charge in [0.2, 0.25) is 0 Å². The molecule has 0 aliphatic carbocycles. The predicted molar refractivity (Wildman–Crippen MR) is 360 cm³/mol. The second-order valence-electron chi connectivity index (χ2n) is 22.0. The molecule has 0 unspecified atom stereocenters. The largest absolute Gasteiger partial charge is 0.455 e. The van der Waals surface area contributed by atoms with Gasteiger partial charge in [-0.15, -0.1) is 0 Å². The van der Waals surface area contributed by atoms with Crippen molar-refractivity contribution in [3.8, 4) is 67.2 Å². The van der Waals surface area contributed by atoms with Crippen molar-refractivity contribution in [3.05, 3.63) is 328 Å². The maximum Gasteiger partial charge on any atom is 0.143 e. The number of nitrogens with zero attached hydrogens (tertiary/aromatic N) is 2. The lowest BCUT2D eigenvalue weighted by atomic mass is 9.91. The number of benzene rings is 14. The summed E-state index contributed by atoms with van der Waals surface area (Å²) in [5.74, 6) is 1.66. The average molecular weight is 1100 g/mol. The molecular formula is C82H54N2O2. The van der Waals surface area contributed by atoms with Gasteiger partial charge in [0.25, 0.3) is 0 Å². The molecule has 14 aromatic carbocycles. The van der Waals surface area contributed by atoms with Crippen molar-refractivity contribution in [2.75, 3.05) is 9.80 Å². The van der Waals surface area contributed by atoms with E-state index < -0.39 is 0 Å². The molecule has 0 amide bonds. The molecule has 16 aromatic rings. The summed E-state index contributed by atoms with van der Waals surface area (Å²) in [6, 6.07) is 117. The quantitative estimate of drug-likeness (QED) is 0.122. The Morgan fingerprint density at radius 2 is 0.477 bits per heavy atom. The molecule has 0 atom stereocenters. The summed E-state index contributed by atoms with van der Waals surface area (Å²) < 4.78 is 14.2. The molecule has 4 nitrogen and oxygen atoms in total. The SMILES string of the molecule is c1ccc(-c2ccc(N(c3ccccc3)c3ccc4cc(-c5oc6ccc7c(ccc8oc(-c9ccc%10cc(N(c%11ccccc%11)c%11ccc(-c%12ccccc%12)cc%11)ccc%10c9)c(-c9ccccc9)c87)c6c5-c5ccccc5)ccc4c3)cc2)cc1. The third kappa shape index (κ3) is 9.05. The molecule has 4 heteroatoms. The predicted octanol–water partition coefficient (Wildman–Crippen LogP) is 23.6. The van der Waals surface area contributed by atoms with Crippen LogP contribution in [0.2, 0.25) is 0 Å². The highest BCUT2D eigenvalue weighted by Gasteiger charge is 2.26. The molecule has 2 heterocycles. The highest BCUT2D eigenvalue weighted by atomic mass is 16.3. The Balaban J connectivity index is 0.792. The topological polar surface area (TPSA) is 32.8 Å². The summed E-state index contributed by atoms with van der Waals surface area (Å²) in [6.45, 7) is 0. The monoisotopic (exact) mass is 1100 g/mol. The van der Waals surface area contributed by atoms with Crippen molar-refractivity contribution >= 4 is 88.4 Å². The molecular weight excluding hydrogens is 1040 g/mol. The zero-order valence-electron chi connectivity index (χ0n) is 46.9. The molecule has 0 aliphatic rings. The lowest BCUT2D eigenvalue weighted by Gasteiger charge is -2.26. The van der Waals surface area contributed by atoms with Gasteiger partial charge < -0.3 is 18.6 Å². The van der Waals surface area contributed by atoms with Crippen molar-refractivity contribution in [3.63, 3.8) is 0 Å². The molecule has 0 fully saturated rings. The zero-order valence-corrected chi connectivity index (χ0v) is 46.9. The van der Waals surface area contributed by atoms with Gasteiger partial charge >= 0.3 is 0 Å². The van der Waals surface area contributed by atoms with Crippen molar-refractivity contribution in [2.24, 2.45) is 0 Å². The van der Waals surface area contributed by atoms with Gasteiger partial charge in [-0.3, -0.25) is 0 Å². The molecule has 0 bridgehead atoms. The van der Waals surface area contributed by atoms with Gasteiger partial charge in [-0.05, 0) is 175 Å². The van der Waals surface area contributed by atoms with Crippen LogP contribution in [0.3, 0.4) is 0 Å². The van der Waals surface area contributed by atoms with Gasteiger partial charge in [0, 0.05) is 67.2 Å². The Morgan fingerprint density at radius 1 is 0.198 bits per heavy atom. The molecule has 0 saturated heterocycles. The van der Waals surface area contributed by atoms with Crippen LogP contribution in [0.15, 0.2) is 336 Å². The molecule has 404 valence electrons. The molecule has 0 radical (unpaired) electrons. The lowest BCUT2D eigenvalue weighted by molar-refractivity contribution is 0.632. The van der Waals surface area contributed by atoms with Crippen molar-refractivity contribution in [1.29, 1.82) is 0 Å². The highest BCUT2D eigenvalue weighted by molar-refractivity contribution is 6.25. The van der Waals surface area contributed by atoms with E-state index in [2.05, 4.69) is 337 Å². The van der Waals surface area contributed by atoms with Crippen LogP contribution in [-0.2, 0) is 0 Å². The summed E-state index contributed by atoms with van der Waals surface area (Å²) >= 11 is 0. The fourth-order valence-corrected chi connectivity index (χ4v) is 12.7. The van der Waals surface area contributed by atoms with Gasteiger partial charge in [0.05, 0.1) is 0 Å². The fraction of sp³-hybridized carbons (Fsp3) is 0. The van der Waals surface area contributed by atoms with E-state index in [1.54, 1.807) is 0 Å². The maximum absolute atomic E-state index is 7.12. The Labute approximate surface area is 499 Å². The van der Waals surface area contributed by atoms with Crippen molar-refractivity contribution in [1.82, 2.24) is 0 Å². The first kappa shape index (κ1) is 50.3. The normalized spacial score (nSPS) is 11.5. The van der Waals surface area contributed by atoms with Crippen LogP contribution < -0.4 is 9.80 Å². The van der Waals surface area contributed by atoms with E-state index in [1.807, 2.05) is 0 Å². The van der Waals surface area contributed by atoms with Crippen LogP contribution in [0.5, 0.6) is 0 Å². The highest BCUT2D eigenvalue weighted by Crippen LogP contribution is 2.50. The van der Waals surface area contributed by atoms with Crippen molar-refractivity contribution in [2.45, 2.75) is 0 Å². The Kier molecular flexibility index (Phi) is 12.5. The molecule has 0 spiro atoms. The Bertz CT molecular complexity index is 4790. The minimum atomic E-state index is 0.826. The first-order valence-corrected chi connectivity index (χ1v) is 29.3. The molecule has 2 aromatic heterocycles. The maximum atomic E-state index is 7.12. The van der Waals surface area contributed by atoms with Crippen LogP contribution in [0.4, 0.5) is 34.1 Å². The minimum Gasteiger partial charge on any atom is -0.455 e. The number of furan rings is 2. The minimum absolute atomic E-state index is 0.826. The average Bonchev–Trinajstić information content (AvgIpc) is 1.79. The smallest absolute Gasteiger partial charge is 0.143 e. The third-order valence-corrected chi connectivity index (χ3v) is 16.8. The van der Waals surface area contributed by atoms with Crippen LogP contribution in [0.1, 0.15) is 0 Å². The summed E-state index contributed by atoms with van der Waals surface area (Å²) in [7, 11) is 0. The Hall–Kier alpha value is -11.5. The van der Waals surface area contributed by atoms with Crippen molar-refractivity contribution < 1.29 is 8.83 Å². The van der Waals surface area contributed by atoms with Gasteiger partial charge in [0.15, 0.2) is 0 Å². The molecule has 16 rings (SSSR count). The lowest BCUT2D eigenvalue weighted by Crippen LogP contribution is -2.09. The van der Waals surface area contributed by atoms with E-state index in [1.165, 1.54) is 22.3 Å². The summed E-state index contributed by atoms with van der Waals surface area (Å²) in [4.78, 5) is 4.65. The number of fused-ring (bicyclic) bond motifs is 7. The van der Waals surface area contributed by atoms with Crippen LogP contribution in [-0.4, -0.2) is 0 Å². The van der Waals surface area contributed by atoms with Crippen LogP contribution in [0.25, 0.3) is 121 Å². The van der Waals surface area contributed by atoms with E-state index >= 15 is 0 Å². The van der Waals surface area contributed by atoms with Gasteiger partial charge in [-0.1, -0.05) is 218 Å². The molecule has 86 heavy (non-hydrogen) atoms. The zero-order chi connectivity index (χ0) is 56.9. The standard InChI is InChI=1S/C82H54N2O2/c1-7-19-55(20-8-1)57-35-41-69(42-36-57)83(67-27-15-5-16-28-67)71-45-39-61-51-65(33-31-63(61)53-71)81-77(59-23-11-3-12-24-59)79-73-48-50-76-80(74(73)47-49-75(79)85-81)78(60-25-13-4-14-26-60)82(86-76)66-34-32-64-54-72(46-40-62(64)52-66)84(68-29-17-6-18-30-68)70-43-37-58(38-44-70)56-21-9-2-10-22-56/h1-54H. The number of hydrogen-bond acceptors (Lipinski definition) is 4. The van der Waals surface area contributed by atoms with Gasteiger partial charge in [-0.2, -0.15) is 0 Å². The second kappa shape index (κ2) is 21.4. The van der Waals surface area contributed by atoms with E-state index in [4.69, 9.17) is 8.83 Å². The summed E-state index contributed by atoms with van der Waals surface area (Å²) in [6.07, 6.45) is 0. The van der Waals surface area contributed by atoms with E-state index in [0.29, 0.717) is 0 Å². The summed E-state index contributed by atoms with van der Waals surface area (Å²) in [5, 5.41) is 8.84. The molecule has 0 saturated carbocycles. The van der Waals surface area contributed by atoms with Gasteiger partial charge in [-0.25, -0.2) is 0 Å². The number of para-hydroxylation sites is 2. The van der Waals surface area contributed by atoms with Gasteiger partial charge in [0.1, 0.15) is 22.7 Å². The first-order chi connectivity index (χ1) is 42.6. The first-order valence-electron chi connectivity index (χ1n) is 29.3. The van der Waals surface area contributed by atoms with Crippen LogP contribution >= 0.6 is 0 Å². The summed E-state index contributed by atoms with van der Waals surface area (Å²) in [5.41, 5.74) is 19.2. The fourth-order valence-electron chi connectivity index (χ4n) is 12.7. The van der Waals surface area contributed by atoms with E-state index in [-0.39, 0.29) is 0 Å². The number of rotatable bonds is 12. The van der Waals surface area contributed by atoms with E-state index in [9.17, 15) is 0 Å². The van der Waals surface area contributed by atoms with E-state index in [0.717, 1.165) is 133 Å². The van der Waals surface area contributed by atoms with Crippen LogP contribution in [0, 0.1) is 0 Å². The third-order valence-electron chi connectivity index (χ3n) is 16.8.